The van der Waals surface area contributed by atoms with Gasteiger partial charge in [-0.15, -0.1) is 5.10 Å². The molecule has 1 aromatic heterocycles. The Morgan fingerprint density at radius 2 is 2.07 bits per heavy atom. The first-order valence-electron chi connectivity index (χ1n) is 7.27. The molecule has 0 bridgehead atoms. The zero-order valence-corrected chi connectivity index (χ0v) is 13.6. The average molecular weight is 387 g/mol. The zero-order chi connectivity index (χ0) is 20.4. The predicted molar refractivity (Wildman–Crippen MR) is 82.3 cm³/mol. The summed E-state index contributed by atoms with van der Waals surface area (Å²) in [6.07, 6.45) is -6.56. The van der Waals surface area contributed by atoms with Gasteiger partial charge in [0.2, 0.25) is 0 Å². The van der Waals surface area contributed by atoms with Crippen LogP contribution in [0, 0.1) is 17.0 Å². The van der Waals surface area contributed by atoms with Gasteiger partial charge < -0.3 is 10.4 Å². The Bertz CT molecular complexity index is 896. The molecule has 27 heavy (non-hydrogen) atoms. The maximum Gasteiger partial charge on any atom is 0.391 e. The van der Waals surface area contributed by atoms with Crippen LogP contribution >= 0.6 is 0 Å². The van der Waals surface area contributed by atoms with Crippen molar-refractivity contribution < 1.29 is 32.8 Å². The average Bonchev–Trinajstić information content (AvgIpc) is 2.94. The highest BCUT2D eigenvalue weighted by Crippen LogP contribution is 2.22. The SMILES string of the molecule is Cc1c(C(=O)NC(CC(F)(F)F)C(=O)O)nnn1-c1cccc([N+](=O)[O-])c1. The van der Waals surface area contributed by atoms with Crippen molar-refractivity contribution in [2.45, 2.75) is 25.6 Å². The van der Waals surface area contributed by atoms with Gasteiger partial charge in [-0.05, 0) is 13.0 Å². The third-order valence-electron chi connectivity index (χ3n) is 3.43. The molecular weight excluding hydrogens is 375 g/mol. The van der Waals surface area contributed by atoms with Gasteiger partial charge in [0.15, 0.2) is 5.69 Å². The number of carboxylic acids is 1. The minimum absolute atomic E-state index is 0.0594. The molecule has 0 saturated heterocycles. The van der Waals surface area contributed by atoms with Gasteiger partial charge in [0.25, 0.3) is 11.6 Å². The van der Waals surface area contributed by atoms with E-state index in [4.69, 9.17) is 5.11 Å². The summed E-state index contributed by atoms with van der Waals surface area (Å²) in [6, 6.07) is 3.02. The molecule has 144 valence electrons. The molecule has 1 atom stereocenters. The molecule has 0 aliphatic carbocycles. The summed E-state index contributed by atoms with van der Waals surface area (Å²) in [5.74, 6) is -3.02. The molecule has 1 aromatic carbocycles. The lowest BCUT2D eigenvalue weighted by molar-refractivity contribution is -0.384. The summed E-state index contributed by atoms with van der Waals surface area (Å²) >= 11 is 0. The standard InChI is InChI=1S/C14H12F3N5O5/c1-7-11(12(23)18-10(13(24)25)6-14(15,16)17)19-20-21(7)8-3-2-4-9(5-8)22(26)27/h2-5,10H,6H2,1H3,(H,18,23)(H,24,25). The number of hydrogen-bond donors (Lipinski definition) is 2. The number of rotatable bonds is 6. The number of aliphatic carboxylic acids is 1. The molecule has 1 unspecified atom stereocenters. The quantitative estimate of drug-likeness (QED) is 0.567. The Balaban J connectivity index is 2.28. The second kappa shape index (κ2) is 7.39. The zero-order valence-electron chi connectivity index (χ0n) is 13.6. The van der Waals surface area contributed by atoms with Crippen LogP contribution < -0.4 is 5.32 Å². The van der Waals surface area contributed by atoms with Crippen molar-refractivity contribution in [1.82, 2.24) is 20.3 Å². The van der Waals surface area contributed by atoms with Gasteiger partial charge in [-0.3, -0.25) is 14.9 Å². The van der Waals surface area contributed by atoms with Crippen LogP contribution in [0.5, 0.6) is 0 Å². The van der Waals surface area contributed by atoms with Crippen LogP contribution in [0.4, 0.5) is 18.9 Å². The van der Waals surface area contributed by atoms with Gasteiger partial charge in [-0.1, -0.05) is 11.3 Å². The molecule has 0 aliphatic rings. The highest BCUT2D eigenvalue weighted by Gasteiger charge is 2.37. The van der Waals surface area contributed by atoms with Gasteiger partial charge in [-0.25, -0.2) is 9.48 Å². The van der Waals surface area contributed by atoms with Gasteiger partial charge in [0.1, 0.15) is 6.04 Å². The number of benzene rings is 1. The maximum atomic E-state index is 12.4. The summed E-state index contributed by atoms with van der Waals surface area (Å²) in [6.45, 7) is 1.35. The molecule has 13 heteroatoms. The molecule has 1 amide bonds. The molecule has 0 saturated carbocycles. The lowest BCUT2D eigenvalue weighted by Crippen LogP contribution is -2.43. The van der Waals surface area contributed by atoms with E-state index in [9.17, 15) is 32.9 Å². The van der Waals surface area contributed by atoms with Crippen molar-refractivity contribution in [2.75, 3.05) is 0 Å². The van der Waals surface area contributed by atoms with E-state index in [-0.39, 0.29) is 17.1 Å². The lowest BCUT2D eigenvalue weighted by Gasteiger charge is -2.15. The van der Waals surface area contributed by atoms with Crippen LogP contribution in [0.25, 0.3) is 5.69 Å². The van der Waals surface area contributed by atoms with Crippen molar-refractivity contribution in [3.05, 3.63) is 45.8 Å². The predicted octanol–water partition coefficient (Wildman–Crippen LogP) is 1.62. The summed E-state index contributed by atoms with van der Waals surface area (Å²) in [7, 11) is 0. The molecule has 0 fully saturated rings. The smallest absolute Gasteiger partial charge is 0.391 e. The Labute approximate surface area is 148 Å². The minimum atomic E-state index is -4.80. The Morgan fingerprint density at radius 1 is 1.41 bits per heavy atom. The monoisotopic (exact) mass is 387 g/mol. The van der Waals surface area contributed by atoms with E-state index in [1.807, 2.05) is 0 Å². The molecule has 2 rings (SSSR count). The van der Waals surface area contributed by atoms with Crippen LogP contribution in [0.2, 0.25) is 0 Å². The van der Waals surface area contributed by atoms with E-state index in [0.717, 1.165) is 10.7 Å². The molecule has 10 nitrogen and oxygen atoms in total. The highest BCUT2D eigenvalue weighted by atomic mass is 19.4. The molecule has 0 radical (unpaired) electrons. The molecule has 0 spiro atoms. The van der Waals surface area contributed by atoms with Gasteiger partial charge in [0, 0.05) is 12.1 Å². The minimum Gasteiger partial charge on any atom is -0.480 e. The second-order valence-electron chi connectivity index (χ2n) is 5.40. The number of nitro groups is 1. The van der Waals surface area contributed by atoms with Crippen LogP contribution in [-0.4, -0.2) is 49.1 Å². The van der Waals surface area contributed by atoms with Crippen molar-refractivity contribution in [3.63, 3.8) is 0 Å². The number of carbonyl (C=O) groups is 2. The van der Waals surface area contributed by atoms with E-state index in [1.165, 1.54) is 25.1 Å². The van der Waals surface area contributed by atoms with E-state index >= 15 is 0 Å². The van der Waals surface area contributed by atoms with Crippen LogP contribution in [0.3, 0.4) is 0 Å². The summed E-state index contributed by atoms with van der Waals surface area (Å²) in [4.78, 5) is 33.2. The number of halogens is 3. The summed E-state index contributed by atoms with van der Waals surface area (Å²) in [5.41, 5.74) is -0.401. The number of aromatic nitrogens is 3. The molecule has 1 heterocycles. The van der Waals surface area contributed by atoms with Crippen molar-refractivity contribution >= 4 is 17.6 Å². The Kier molecular flexibility index (Phi) is 5.42. The topological polar surface area (TPSA) is 140 Å². The normalized spacial score (nSPS) is 12.4. The van der Waals surface area contributed by atoms with Gasteiger partial charge in [0.05, 0.1) is 22.7 Å². The first-order valence-corrected chi connectivity index (χ1v) is 7.27. The number of alkyl halides is 3. The number of nitrogens with zero attached hydrogens (tertiary/aromatic N) is 4. The second-order valence-corrected chi connectivity index (χ2v) is 5.40. The van der Waals surface area contributed by atoms with Gasteiger partial charge >= 0.3 is 12.1 Å². The van der Waals surface area contributed by atoms with E-state index in [1.54, 1.807) is 5.32 Å². The fraction of sp³-hybridized carbons (Fsp3) is 0.286. The first kappa shape index (κ1) is 19.8. The third kappa shape index (κ3) is 4.77. The van der Waals surface area contributed by atoms with Gasteiger partial charge in [-0.2, -0.15) is 13.2 Å². The van der Waals surface area contributed by atoms with Crippen molar-refractivity contribution in [1.29, 1.82) is 0 Å². The van der Waals surface area contributed by atoms with Crippen LogP contribution in [0.1, 0.15) is 22.6 Å². The number of amides is 1. The fourth-order valence-electron chi connectivity index (χ4n) is 2.18. The maximum absolute atomic E-state index is 12.4. The number of nitro benzene ring substituents is 1. The molecule has 0 aliphatic heterocycles. The van der Waals surface area contributed by atoms with E-state index in [0.29, 0.717) is 0 Å². The van der Waals surface area contributed by atoms with Crippen LogP contribution in [-0.2, 0) is 4.79 Å². The molecular formula is C14H12F3N5O5. The number of hydrogen-bond acceptors (Lipinski definition) is 6. The van der Waals surface area contributed by atoms with Crippen molar-refractivity contribution in [3.8, 4) is 5.69 Å². The molecule has 2 aromatic rings. The van der Waals surface area contributed by atoms with Crippen LogP contribution in [0.15, 0.2) is 24.3 Å². The fourth-order valence-corrected chi connectivity index (χ4v) is 2.18. The summed E-state index contributed by atoms with van der Waals surface area (Å²) < 4.78 is 38.3. The highest BCUT2D eigenvalue weighted by molar-refractivity contribution is 5.95. The number of carboxylic acid groups (broad SMARTS) is 1. The first-order chi connectivity index (χ1) is 12.5. The number of non-ortho nitro benzene ring substituents is 1. The Morgan fingerprint density at radius 3 is 2.63 bits per heavy atom. The largest absolute Gasteiger partial charge is 0.480 e. The Hall–Kier alpha value is -3.51. The van der Waals surface area contributed by atoms with E-state index < -0.39 is 41.1 Å². The lowest BCUT2D eigenvalue weighted by atomic mass is 10.2. The summed E-state index contributed by atoms with van der Waals surface area (Å²) in [5, 5.41) is 28.6. The third-order valence-corrected chi connectivity index (χ3v) is 3.43. The number of carbonyl (C=O) groups excluding carboxylic acids is 1. The van der Waals surface area contributed by atoms with Crippen molar-refractivity contribution in [2.24, 2.45) is 0 Å². The van der Waals surface area contributed by atoms with E-state index in [2.05, 4.69) is 10.3 Å². The molecule has 2 N–H and O–H groups in total. The number of nitrogens with one attached hydrogen (secondary N) is 1.